The molecule has 0 unspecified atom stereocenters. The molecule has 0 aliphatic carbocycles. The minimum atomic E-state index is -0.962. The molecule has 1 N–H and O–H groups in total. The summed E-state index contributed by atoms with van der Waals surface area (Å²) in [5.74, 6) is -1.41. The van der Waals surface area contributed by atoms with Crippen molar-refractivity contribution in [2.45, 2.75) is 25.2 Å². The van der Waals surface area contributed by atoms with Crippen molar-refractivity contribution in [3.63, 3.8) is 0 Å². The van der Waals surface area contributed by atoms with E-state index in [9.17, 15) is 19.1 Å². The van der Waals surface area contributed by atoms with E-state index in [-0.39, 0.29) is 11.7 Å². The van der Waals surface area contributed by atoms with Crippen molar-refractivity contribution in [1.29, 1.82) is 0 Å². The van der Waals surface area contributed by atoms with Gasteiger partial charge in [-0.25, -0.2) is 4.39 Å². The molecule has 1 aliphatic rings. The number of carboxylic acid groups (broad SMARTS) is 1. The Morgan fingerprint density at radius 1 is 1.08 bits per heavy atom. The number of aryl methyl sites for hydroxylation is 1. The zero-order valence-corrected chi connectivity index (χ0v) is 14.0. The highest BCUT2D eigenvalue weighted by atomic mass is 19.1. The Kier molecular flexibility index (Phi) is 4.57. The number of nitrogens with zero attached hydrogens (tertiary/aromatic N) is 1. The molecule has 0 saturated carbocycles. The van der Waals surface area contributed by atoms with Crippen LogP contribution < -0.4 is 0 Å². The van der Waals surface area contributed by atoms with Crippen LogP contribution in [-0.4, -0.2) is 35.0 Å². The summed E-state index contributed by atoms with van der Waals surface area (Å²) < 4.78 is 13.2. The molecule has 0 bridgehead atoms. The molecule has 1 amide bonds. The fraction of sp³-hybridized carbons (Fsp3) is 0.300. The van der Waals surface area contributed by atoms with Crippen molar-refractivity contribution >= 4 is 11.9 Å². The summed E-state index contributed by atoms with van der Waals surface area (Å²) in [4.78, 5) is 26.3. The van der Waals surface area contributed by atoms with Crippen molar-refractivity contribution in [1.82, 2.24) is 4.90 Å². The summed E-state index contributed by atoms with van der Waals surface area (Å²) in [5, 5.41) is 9.81. The van der Waals surface area contributed by atoms with Gasteiger partial charge >= 0.3 is 5.97 Å². The van der Waals surface area contributed by atoms with Crippen LogP contribution in [0.2, 0.25) is 0 Å². The molecule has 1 fully saturated rings. The molecule has 1 heterocycles. The van der Waals surface area contributed by atoms with Crippen molar-refractivity contribution in [2.24, 2.45) is 0 Å². The minimum absolute atomic E-state index is 0.176. The number of likely N-dealkylation sites (tertiary alicyclic amines) is 1. The van der Waals surface area contributed by atoms with Crippen LogP contribution in [0.3, 0.4) is 0 Å². The van der Waals surface area contributed by atoms with Crippen molar-refractivity contribution in [3.05, 3.63) is 71.0 Å². The molecule has 0 atom stereocenters. The predicted octanol–water partition coefficient (Wildman–Crippen LogP) is 3.39. The quantitative estimate of drug-likeness (QED) is 0.931. The second kappa shape index (κ2) is 6.67. The summed E-state index contributed by atoms with van der Waals surface area (Å²) in [6.07, 6.45) is 0.719. The lowest BCUT2D eigenvalue weighted by Crippen LogP contribution is -2.49. The molecule has 3 rings (SSSR count). The van der Waals surface area contributed by atoms with Gasteiger partial charge in [-0.2, -0.15) is 0 Å². The lowest BCUT2D eigenvalue weighted by Gasteiger charge is -2.39. The smallest absolute Gasteiger partial charge is 0.314 e. The molecule has 0 aromatic heterocycles. The Bertz CT molecular complexity index is 796. The topological polar surface area (TPSA) is 57.6 Å². The molecule has 0 radical (unpaired) electrons. The Morgan fingerprint density at radius 3 is 2.28 bits per heavy atom. The number of carbonyl (C=O) groups is 2. The van der Waals surface area contributed by atoms with Gasteiger partial charge in [0.2, 0.25) is 0 Å². The average Bonchev–Trinajstić information content (AvgIpc) is 2.62. The summed E-state index contributed by atoms with van der Waals surface area (Å²) >= 11 is 0. The maximum Gasteiger partial charge on any atom is 0.314 e. The lowest BCUT2D eigenvalue weighted by atomic mass is 9.72. The number of halogens is 1. The number of rotatable bonds is 3. The van der Waals surface area contributed by atoms with Gasteiger partial charge in [0.15, 0.2) is 0 Å². The summed E-state index contributed by atoms with van der Waals surface area (Å²) in [6.45, 7) is 2.42. The summed E-state index contributed by atoms with van der Waals surface area (Å²) in [5.41, 5.74) is 0.857. The van der Waals surface area contributed by atoms with Gasteiger partial charge in [0.05, 0.1) is 5.41 Å². The van der Waals surface area contributed by atoms with Crippen molar-refractivity contribution in [2.75, 3.05) is 13.1 Å². The first-order valence-electron chi connectivity index (χ1n) is 8.28. The highest BCUT2D eigenvalue weighted by molar-refractivity contribution is 5.96. The normalized spacial score (nSPS) is 16.5. The second-order valence-electron chi connectivity index (χ2n) is 6.50. The third-order valence-corrected chi connectivity index (χ3v) is 5.06. The average molecular weight is 341 g/mol. The number of hydrogen-bond donors (Lipinski definition) is 1. The van der Waals surface area contributed by atoms with Gasteiger partial charge in [-0.3, -0.25) is 9.59 Å². The third kappa shape index (κ3) is 3.14. The second-order valence-corrected chi connectivity index (χ2v) is 6.50. The largest absolute Gasteiger partial charge is 0.481 e. The van der Waals surface area contributed by atoms with Crippen molar-refractivity contribution < 1.29 is 19.1 Å². The van der Waals surface area contributed by atoms with Crippen LogP contribution in [0.1, 0.15) is 34.3 Å². The zero-order chi connectivity index (χ0) is 18.0. The van der Waals surface area contributed by atoms with E-state index < -0.39 is 11.4 Å². The van der Waals surface area contributed by atoms with E-state index in [1.54, 1.807) is 11.8 Å². The SMILES string of the molecule is Cc1cc(F)ccc1C(=O)N1CCC(C(=O)O)(c2ccccc2)CC1. The number of benzene rings is 2. The van der Waals surface area contributed by atoms with E-state index in [1.165, 1.54) is 18.2 Å². The molecular formula is C20H20FNO3. The summed E-state index contributed by atoms with van der Waals surface area (Å²) in [7, 11) is 0. The molecule has 5 heteroatoms. The van der Waals surface area contributed by atoms with Crippen LogP contribution in [-0.2, 0) is 10.2 Å². The maximum atomic E-state index is 13.2. The van der Waals surface area contributed by atoms with Gasteiger partial charge in [-0.05, 0) is 49.1 Å². The molecule has 1 aliphatic heterocycles. The van der Waals surface area contributed by atoms with Gasteiger partial charge in [0.25, 0.3) is 5.91 Å². The molecule has 4 nitrogen and oxygen atoms in total. The molecule has 130 valence electrons. The van der Waals surface area contributed by atoms with E-state index in [4.69, 9.17) is 0 Å². The van der Waals surface area contributed by atoms with E-state index in [1.807, 2.05) is 30.3 Å². The van der Waals surface area contributed by atoms with Gasteiger partial charge < -0.3 is 10.0 Å². The number of carbonyl (C=O) groups excluding carboxylic acids is 1. The molecule has 2 aromatic carbocycles. The van der Waals surface area contributed by atoms with Gasteiger partial charge in [-0.15, -0.1) is 0 Å². The molecule has 25 heavy (non-hydrogen) atoms. The number of piperidine rings is 1. The first kappa shape index (κ1) is 17.1. The lowest BCUT2D eigenvalue weighted by molar-refractivity contribution is -0.145. The van der Waals surface area contributed by atoms with Crippen LogP contribution in [0.15, 0.2) is 48.5 Å². The predicted molar refractivity (Wildman–Crippen MR) is 92.0 cm³/mol. The molecule has 1 saturated heterocycles. The van der Waals surface area contributed by atoms with Crippen molar-refractivity contribution in [3.8, 4) is 0 Å². The third-order valence-electron chi connectivity index (χ3n) is 5.06. The first-order chi connectivity index (χ1) is 11.9. The van der Waals surface area contributed by atoms with Crippen LogP contribution >= 0.6 is 0 Å². The molecule has 0 spiro atoms. The highest BCUT2D eigenvalue weighted by Crippen LogP contribution is 2.36. The zero-order valence-electron chi connectivity index (χ0n) is 14.0. The molecular weight excluding hydrogens is 321 g/mol. The number of carboxylic acids is 1. The number of amides is 1. The van der Waals surface area contributed by atoms with E-state index >= 15 is 0 Å². The number of hydrogen-bond acceptors (Lipinski definition) is 2. The van der Waals surface area contributed by atoms with E-state index in [0.717, 1.165) is 5.56 Å². The Hall–Kier alpha value is -2.69. The number of aliphatic carboxylic acids is 1. The Labute approximate surface area is 145 Å². The maximum absolute atomic E-state index is 13.2. The van der Waals surface area contributed by atoms with Crippen LogP contribution in [0, 0.1) is 12.7 Å². The van der Waals surface area contributed by atoms with Crippen LogP contribution in [0.5, 0.6) is 0 Å². The van der Waals surface area contributed by atoms with Gasteiger partial charge in [0.1, 0.15) is 5.82 Å². The monoisotopic (exact) mass is 341 g/mol. The summed E-state index contributed by atoms with van der Waals surface area (Å²) in [6, 6.07) is 13.3. The van der Waals surface area contributed by atoms with Crippen LogP contribution in [0.25, 0.3) is 0 Å². The highest BCUT2D eigenvalue weighted by Gasteiger charge is 2.43. The fourth-order valence-corrected chi connectivity index (χ4v) is 3.51. The van der Waals surface area contributed by atoms with Gasteiger partial charge in [0, 0.05) is 18.7 Å². The fourth-order valence-electron chi connectivity index (χ4n) is 3.51. The Morgan fingerprint density at radius 2 is 1.72 bits per heavy atom. The Balaban J connectivity index is 1.80. The van der Waals surface area contributed by atoms with E-state index in [2.05, 4.69) is 0 Å². The van der Waals surface area contributed by atoms with E-state index in [0.29, 0.717) is 37.1 Å². The minimum Gasteiger partial charge on any atom is -0.481 e. The first-order valence-corrected chi connectivity index (χ1v) is 8.28. The van der Waals surface area contributed by atoms with Crippen LogP contribution in [0.4, 0.5) is 4.39 Å². The standard InChI is InChI=1S/C20H20FNO3/c1-14-13-16(21)7-8-17(14)18(23)22-11-9-20(10-12-22,19(24)25)15-5-3-2-4-6-15/h2-8,13H,9-12H2,1H3,(H,24,25). The molecule has 2 aromatic rings. The van der Waals surface area contributed by atoms with Gasteiger partial charge in [-0.1, -0.05) is 30.3 Å².